The fourth-order valence-electron chi connectivity index (χ4n) is 1.40. The van der Waals surface area contributed by atoms with E-state index in [4.69, 9.17) is 11.6 Å². The van der Waals surface area contributed by atoms with Crippen LogP contribution < -0.4 is 5.32 Å². The highest BCUT2D eigenvalue weighted by molar-refractivity contribution is 6.20. The molecule has 4 heteroatoms. The van der Waals surface area contributed by atoms with E-state index in [1.807, 2.05) is 6.92 Å². The molecule has 0 aliphatic carbocycles. The van der Waals surface area contributed by atoms with Crippen molar-refractivity contribution in [3.63, 3.8) is 0 Å². The molecule has 0 aliphatic heterocycles. The molecule has 1 aromatic carbocycles. The summed E-state index contributed by atoms with van der Waals surface area (Å²) >= 11 is 5.95. The molecule has 1 aromatic rings. The highest BCUT2D eigenvalue weighted by Crippen LogP contribution is 2.17. The van der Waals surface area contributed by atoms with Crippen molar-refractivity contribution in [1.82, 2.24) is 5.32 Å². The fourth-order valence-corrected chi connectivity index (χ4v) is 1.51. The van der Waals surface area contributed by atoms with Crippen molar-refractivity contribution in [2.75, 3.05) is 6.54 Å². The van der Waals surface area contributed by atoms with Gasteiger partial charge in [-0.05, 0) is 37.5 Å². The molecule has 2 N–H and O–H groups in total. The molecule has 0 aromatic heterocycles. The molecule has 1 rings (SSSR count). The van der Waals surface area contributed by atoms with Crippen molar-refractivity contribution in [3.8, 4) is 5.75 Å². The SMILES string of the molecule is CCC(Cl)CCNC(=O)c1ccc(C)c(O)c1. The van der Waals surface area contributed by atoms with Crippen LogP contribution in [-0.2, 0) is 0 Å². The second-order valence-corrected chi connectivity index (χ2v) is 4.67. The van der Waals surface area contributed by atoms with E-state index in [1.165, 1.54) is 6.07 Å². The highest BCUT2D eigenvalue weighted by atomic mass is 35.5. The lowest BCUT2D eigenvalue weighted by molar-refractivity contribution is 0.0952. The van der Waals surface area contributed by atoms with Gasteiger partial charge in [0, 0.05) is 17.5 Å². The molecule has 0 saturated carbocycles. The topological polar surface area (TPSA) is 49.3 Å². The normalized spacial score (nSPS) is 12.2. The van der Waals surface area contributed by atoms with Crippen molar-refractivity contribution >= 4 is 17.5 Å². The van der Waals surface area contributed by atoms with E-state index in [-0.39, 0.29) is 17.0 Å². The van der Waals surface area contributed by atoms with Crippen LogP contribution in [0.2, 0.25) is 0 Å². The molecule has 0 saturated heterocycles. The van der Waals surface area contributed by atoms with E-state index in [0.717, 1.165) is 18.4 Å². The van der Waals surface area contributed by atoms with Crippen molar-refractivity contribution in [2.45, 2.75) is 32.1 Å². The van der Waals surface area contributed by atoms with Crippen LogP contribution in [0.15, 0.2) is 18.2 Å². The Morgan fingerprint density at radius 1 is 1.53 bits per heavy atom. The minimum absolute atomic E-state index is 0.0988. The molecule has 94 valence electrons. The summed E-state index contributed by atoms with van der Waals surface area (Å²) in [6, 6.07) is 4.89. The molecule has 0 spiro atoms. The van der Waals surface area contributed by atoms with Gasteiger partial charge in [-0.3, -0.25) is 4.79 Å². The maximum Gasteiger partial charge on any atom is 0.251 e. The second-order valence-electron chi connectivity index (χ2n) is 4.05. The number of carbonyl (C=O) groups excluding carboxylic acids is 1. The lowest BCUT2D eigenvalue weighted by atomic mass is 10.1. The number of carbonyl (C=O) groups is 1. The maximum absolute atomic E-state index is 11.7. The molecule has 17 heavy (non-hydrogen) atoms. The third-order valence-electron chi connectivity index (χ3n) is 2.66. The first-order valence-corrected chi connectivity index (χ1v) is 6.20. The Hall–Kier alpha value is -1.22. The number of aromatic hydroxyl groups is 1. The first kappa shape index (κ1) is 13.8. The number of halogens is 1. The zero-order chi connectivity index (χ0) is 12.8. The number of amides is 1. The van der Waals surface area contributed by atoms with Crippen LogP contribution in [0.3, 0.4) is 0 Å². The number of phenolic OH excluding ortho intramolecular Hbond substituents is 1. The van der Waals surface area contributed by atoms with E-state index in [0.29, 0.717) is 12.1 Å². The Kier molecular flexibility index (Phi) is 5.29. The Morgan fingerprint density at radius 3 is 2.82 bits per heavy atom. The van der Waals surface area contributed by atoms with Gasteiger partial charge in [0.15, 0.2) is 0 Å². The summed E-state index contributed by atoms with van der Waals surface area (Å²) in [5.74, 6) is -0.0401. The molecule has 1 unspecified atom stereocenters. The van der Waals surface area contributed by atoms with Crippen LogP contribution in [0.25, 0.3) is 0 Å². The Bertz CT molecular complexity index is 393. The molecule has 0 bridgehead atoms. The van der Waals surface area contributed by atoms with E-state index >= 15 is 0 Å². The van der Waals surface area contributed by atoms with Gasteiger partial charge in [-0.15, -0.1) is 11.6 Å². The average molecular weight is 256 g/mol. The van der Waals surface area contributed by atoms with Gasteiger partial charge in [-0.25, -0.2) is 0 Å². The summed E-state index contributed by atoms with van der Waals surface area (Å²) in [6.07, 6.45) is 1.64. The van der Waals surface area contributed by atoms with Crippen LogP contribution in [0.1, 0.15) is 35.7 Å². The van der Waals surface area contributed by atoms with Gasteiger partial charge in [0.05, 0.1) is 0 Å². The lowest BCUT2D eigenvalue weighted by Crippen LogP contribution is -2.26. The van der Waals surface area contributed by atoms with Crippen LogP contribution in [0.5, 0.6) is 5.75 Å². The lowest BCUT2D eigenvalue weighted by Gasteiger charge is -2.08. The van der Waals surface area contributed by atoms with Crippen molar-refractivity contribution < 1.29 is 9.90 Å². The fraction of sp³-hybridized carbons (Fsp3) is 0.462. The summed E-state index contributed by atoms with van der Waals surface area (Å²) in [5.41, 5.74) is 1.23. The highest BCUT2D eigenvalue weighted by Gasteiger charge is 2.08. The van der Waals surface area contributed by atoms with E-state index in [9.17, 15) is 9.90 Å². The van der Waals surface area contributed by atoms with Gasteiger partial charge in [0.2, 0.25) is 0 Å². The summed E-state index contributed by atoms with van der Waals surface area (Å²) in [7, 11) is 0. The Labute approximate surface area is 107 Å². The van der Waals surface area contributed by atoms with Gasteiger partial charge in [-0.1, -0.05) is 13.0 Å². The first-order chi connectivity index (χ1) is 8.04. The van der Waals surface area contributed by atoms with Crippen molar-refractivity contribution in [3.05, 3.63) is 29.3 Å². The van der Waals surface area contributed by atoms with Gasteiger partial charge in [-0.2, -0.15) is 0 Å². The smallest absolute Gasteiger partial charge is 0.251 e. The molecule has 3 nitrogen and oxygen atoms in total. The zero-order valence-corrected chi connectivity index (χ0v) is 10.9. The second kappa shape index (κ2) is 6.50. The predicted octanol–water partition coefficient (Wildman–Crippen LogP) is 2.84. The third kappa shape index (κ3) is 4.27. The van der Waals surface area contributed by atoms with Crippen LogP contribution in [0.4, 0.5) is 0 Å². The minimum Gasteiger partial charge on any atom is -0.508 e. The summed E-state index contributed by atoms with van der Waals surface area (Å²) < 4.78 is 0. The first-order valence-electron chi connectivity index (χ1n) is 5.76. The average Bonchev–Trinajstić information content (AvgIpc) is 2.32. The number of benzene rings is 1. The molecular weight excluding hydrogens is 238 g/mol. The Balaban J connectivity index is 2.50. The number of nitrogens with one attached hydrogen (secondary N) is 1. The number of alkyl halides is 1. The van der Waals surface area contributed by atoms with Crippen molar-refractivity contribution in [1.29, 1.82) is 0 Å². The number of phenols is 1. The number of aryl methyl sites for hydroxylation is 1. The summed E-state index contributed by atoms with van der Waals surface area (Å²) in [5, 5.41) is 12.4. The molecular formula is C13H18ClNO2. The van der Waals surface area contributed by atoms with E-state index in [1.54, 1.807) is 19.1 Å². The molecule has 0 fully saturated rings. The van der Waals surface area contributed by atoms with Crippen LogP contribution in [0, 0.1) is 6.92 Å². The summed E-state index contributed by atoms with van der Waals surface area (Å²) in [6.45, 7) is 4.35. The van der Waals surface area contributed by atoms with E-state index < -0.39 is 0 Å². The van der Waals surface area contributed by atoms with Gasteiger partial charge in [0.25, 0.3) is 5.91 Å². The summed E-state index contributed by atoms with van der Waals surface area (Å²) in [4.78, 5) is 11.7. The maximum atomic E-state index is 11.7. The monoisotopic (exact) mass is 255 g/mol. The van der Waals surface area contributed by atoms with Crippen LogP contribution >= 0.6 is 11.6 Å². The van der Waals surface area contributed by atoms with Crippen molar-refractivity contribution in [2.24, 2.45) is 0 Å². The number of hydrogen-bond acceptors (Lipinski definition) is 2. The largest absolute Gasteiger partial charge is 0.508 e. The van der Waals surface area contributed by atoms with Gasteiger partial charge in [0.1, 0.15) is 5.75 Å². The number of hydrogen-bond donors (Lipinski definition) is 2. The third-order valence-corrected chi connectivity index (χ3v) is 3.18. The molecule has 1 amide bonds. The molecule has 0 heterocycles. The van der Waals surface area contributed by atoms with Crippen LogP contribution in [-0.4, -0.2) is 22.9 Å². The molecule has 0 aliphatic rings. The van der Waals surface area contributed by atoms with Gasteiger partial charge >= 0.3 is 0 Å². The zero-order valence-electron chi connectivity index (χ0n) is 10.2. The standard InChI is InChI=1S/C13H18ClNO2/c1-3-11(14)6-7-15-13(17)10-5-4-9(2)12(16)8-10/h4-5,8,11,16H,3,6-7H2,1-2H3,(H,15,17). The molecule has 1 atom stereocenters. The predicted molar refractivity (Wildman–Crippen MR) is 69.7 cm³/mol. The number of rotatable bonds is 5. The Morgan fingerprint density at radius 2 is 2.24 bits per heavy atom. The minimum atomic E-state index is -0.180. The van der Waals surface area contributed by atoms with Gasteiger partial charge < -0.3 is 10.4 Å². The molecule has 0 radical (unpaired) electrons. The quantitative estimate of drug-likeness (QED) is 0.795. The van der Waals surface area contributed by atoms with E-state index in [2.05, 4.69) is 5.32 Å².